The molecule has 3 saturated heterocycles. The zero-order valence-corrected chi connectivity index (χ0v) is 79.9. The number of primary amides is 2. The quantitative estimate of drug-likeness (QED) is 0.0125. The van der Waals surface area contributed by atoms with Gasteiger partial charge in [0, 0.05) is 113 Å². The van der Waals surface area contributed by atoms with Crippen molar-refractivity contribution in [3.05, 3.63) is 102 Å². The van der Waals surface area contributed by atoms with Gasteiger partial charge in [0.05, 0.1) is 24.8 Å². The molecule has 3 aliphatic heterocycles. The summed E-state index contributed by atoms with van der Waals surface area (Å²) < 4.78 is 1.43. The lowest BCUT2D eigenvalue weighted by molar-refractivity contribution is -0.149. The highest BCUT2D eigenvalue weighted by molar-refractivity contribution is 8.00. The third-order valence-corrected chi connectivity index (χ3v) is 25.6. The minimum absolute atomic E-state index is 0.0158. The molecule has 46 heteroatoms. The molecular weight excluding hydrogens is 1810 g/mol. The number of likely N-dealkylation sites (N-methyl/N-ethyl adjacent to an activating group) is 3. The molecule has 5 aromatic rings. The van der Waals surface area contributed by atoms with E-state index in [1.807, 2.05) is 13.8 Å². The monoisotopic (exact) mass is 1940 g/mol. The third-order valence-electron chi connectivity index (χ3n) is 24.6. The number of unbranched alkanes of at least 4 members (excludes halogenated alkanes) is 3. The second kappa shape index (κ2) is 52.7. The van der Waals surface area contributed by atoms with E-state index in [1.54, 1.807) is 68.6 Å². The number of hydrogen-bond acceptors (Lipinski definition) is 24. The summed E-state index contributed by atoms with van der Waals surface area (Å²) in [6.07, 6.45) is 1.18. The molecule has 17 amide bonds. The molecule has 3 aliphatic rings. The van der Waals surface area contributed by atoms with Crippen LogP contribution in [0.25, 0.3) is 21.8 Å². The van der Waals surface area contributed by atoms with Crippen LogP contribution in [0.4, 0.5) is 0 Å². The molecule has 26 N–H and O–H groups in total. The first-order chi connectivity index (χ1) is 65.6. The summed E-state index contributed by atoms with van der Waals surface area (Å²) in [6, 6.07) is -2.70. The van der Waals surface area contributed by atoms with Crippen LogP contribution in [0.1, 0.15) is 148 Å². The number of nitrogens with one attached hydrogen (secondary N) is 13. The van der Waals surface area contributed by atoms with Crippen LogP contribution in [-0.2, 0) is 112 Å². The summed E-state index contributed by atoms with van der Waals surface area (Å²) >= 11 is 0.750. The van der Waals surface area contributed by atoms with Crippen molar-refractivity contribution in [2.75, 3.05) is 71.9 Å². The maximum absolute atomic E-state index is 16.1. The highest BCUT2D eigenvalue weighted by Crippen LogP contribution is 2.29. The van der Waals surface area contributed by atoms with Gasteiger partial charge in [-0.2, -0.15) is 0 Å². The number of thioether (sulfide) groups is 1. The predicted molar refractivity (Wildman–Crippen MR) is 509 cm³/mol. The molecule has 138 heavy (non-hydrogen) atoms. The number of aromatic amines is 1. The van der Waals surface area contributed by atoms with Crippen molar-refractivity contribution in [2.45, 2.75) is 247 Å². The highest BCUT2D eigenvalue weighted by atomic mass is 32.2. The van der Waals surface area contributed by atoms with Crippen LogP contribution in [0.2, 0.25) is 0 Å². The molecule has 3 aromatic carbocycles. The van der Waals surface area contributed by atoms with Gasteiger partial charge in [0.25, 0.3) is 0 Å². The lowest BCUT2D eigenvalue weighted by atomic mass is 9.99. The number of H-pyrrole nitrogens is 1. The van der Waals surface area contributed by atoms with Gasteiger partial charge in [0.15, 0.2) is 5.96 Å². The number of phenolic OH excluding ortho intramolecular Hbond substituents is 1. The van der Waals surface area contributed by atoms with E-state index < -0.39 is 260 Å². The zero-order valence-electron chi connectivity index (χ0n) is 79.1. The zero-order chi connectivity index (χ0) is 101. The van der Waals surface area contributed by atoms with Crippen LogP contribution in [-0.4, -0.2) is 324 Å². The van der Waals surface area contributed by atoms with E-state index in [0.717, 1.165) is 36.3 Å². The van der Waals surface area contributed by atoms with Gasteiger partial charge in [0.1, 0.15) is 96.9 Å². The van der Waals surface area contributed by atoms with Crippen molar-refractivity contribution in [3.8, 4) is 5.75 Å². The van der Waals surface area contributed by atoms with E-state index in [4.69, 9.17) is 34.1 Å². The number of aromatic nitrogens is 2. The standard InChI is InChI=1S/C92H134N24O21S/c1-9-11-13-26-72-91(137)112(7)70(24-12-10-2)84(130)104-60(23-18-34-99-92(97)98)80(126)110-68(79(125)101-44-75(96)120)48-138-49-76(121)102-64(37-52-28-30-55(117)31-29-52)87(133)111(6)51(5)78(124)106-66(41-74(95)119)89(135)115-35-19-27-71(115)85(131)109-67(42-94)83(129)107-63(36-50(3)4)90(136)116-46-56(118)40-73(116)86(132)105-62(38-53-43-100-59-22-16-14-20-57(53)59)82(128)103-61(32-33-93)81(127)108-65(88(134)113(72)8)39-54-45-114(47-77(122)123)69-25-17-15-21-58(54)69/h14-17,20-22,25,28-31,43,45,50-51,56,60-68,70-73,100,117-118H,9-13,18-19,23-24,26-27,32-42,44,46-49,93-94H2,1-8H3,(H2,95,119)(H2,96,120)(H,101,125)(H,102,121)(H,103,128)(H,104,130)(H,105,132)(H,106,124)(H,107,129)(H,108,127)(H,109,131)(H,110,126)(H,122,123)(H4,97,98,99)/t51-,56+,60-,61-,62-,63-,64-,65-,66-,67-,68-,70-,71?,72-,73-/m0/s1. The molecule has 1 unspecified atom stereocenters. The Balaban J connectivity index is 1.22. The first-order valence-corrected chi connectivity index (χ1v) is 47.6. The number of para-hydroxylation sites is 2. The fourth-order valence-corrected chi connectivity index (χ4v) is 17.9. The van der Waals surface area contributed by atoms with Crippen LogP contribution in [0, 0.1) is 11.3 Å². The third kappa shape index (κ3) is 31.0. The minimum Gasteiger partial charge on any atom is -0.508 e. The van der Waals surface area contributed by atoms with Crippen molar-refractivity contribution < 1.29 is 102 Å². The van der Waals surface area contributed by atoms with E-state index in [0.29, 0.717) is 70.6 Å². The topological polar surface area (TPSA) is 691 Å². The van der Waals surface area contributed by atoms with Crippen LogP contribution >= 0.6 is 11.8 Å². The van der Waals surface area contributed by atoms with Crippen LogP contribution in [0.5, 0.6) is 5.75 Å². The Hall–Kier alpha value is -13.5. The fourth-order valence-electron chi connectivity index (χ4n) is 17.1. The van der Waals surface area contributed by atoms with Crippen molar-refractivity contribution in [2.24, 2.45) is 34.6 Å². The van der Waals surface area contributed by atoms with Gasteiger partial charge < -0.3 is 137 Å². The summed E-state index contributed by atoms with van der Waals surface area (Å²) in [6.45, 7) is 5.66. The Labute approximate surface area is 803 Å². The van der Waals surface area contributed by atoms with E-state index in [-0.39, 0.29) is 95.5 Å². The largest absolute Gasteiger partial charge is 0.508 e. The van der Waals surface area contributed by atoms with E-state index in [2.05, 4.69) is 63.5 Å². The summed E-state index contributed by atoms with van der Waals surface area (Å²) in [5.41, 5.74) is 31.5. The number of rotatable bonds is 29. The SMILES string of the molecule is CCCCC[C@H]1C(=O)N(C)[C@@H](CCCC)C(=O)N[C@@H](CCCNC(=N)N)C(=O)N[C@H](C(=O)NCC(N)=O)CSCC(=O)N[C@@H](Cc2ccc(O)cc2)C(=O)N(C)[C@@H](C)C(=O)N[C@@H](CC(N)=O)C(=O)N2CCCC2C(=O)N[C@@H](CN)C(=O)N[C@@H](CC(C)C)C(=O)N2C[C@H](O)C[C@H]2C(=O)N[C@@H](Cc2c[nH]c3ccccc23)C(=O)N[C@@H](CCN)C(=O)N[C@@H](Cc2cn(CC(=O)O)c3ccccc23)C(=O)N1C. The number of fused-ring (bicyclic) bond motifs is 4. The highest BCUT2D eigenvalue weighted by Gasteiger charge is 2.47. The second-order valence-corrected chi connectivity index (χ2v) is 36.5. The molecule has 45 nitrogen and oxygen atoms in total. The Morgan fingerprint density at radius 3 is 1.79 bits per heavy atom. The number of benzene rings is 3. The average Bonchev–Trinajstić information content (AvgIpc) is 1.69. The second-order valence-electron chi connectivity index (χ2n) is 35.5. The first-order valence-electron chi connectivity index (χ1n) is 46.4. The molecule has 0 saturated carbocycles. The minimum atomic E-state index is -1.78. The van der Waals surface area contributed by atoms with Crippen molar-refractivity contribution in [3.63, 3.8) is 0 Å². The van der Waals surface area contributed by atoms with E-state index in [1.165, 1.54) is 63.1 Å². The maximum atomic E-state index is 16.1. The summed E-state index contributed by atoms with van der Waals surface area (Å²) in [5, 5.41) is 69.8. The number of aromatic hydroxyl groups is 1. The van der Waals surface area contributed by atoms with Gasteiger partial charge in [-0.1, -0.05) is 108 Å². The maximum Gasteiger partial charge on any atom is 0.323 e. The average molecular weight is 1940 g/mol. The Morgan fingerprint density at radius 2 is 1.13 bits per heavy atom. The van der Waals surface area contributed by atoms with Gasteiger partial charge in [-0.3, -0.25) is 91.7 Å². The number of hydrogen-bond donors (Lipinski definition) is 21. The van der Waals surface area contributed by atoms with Crippen molar-refractivity contribution >= 4 is 146 Å². The molecule has 8 rings (SSSR count). The summed E-state index contributed by atoms with van der Waals surface area (Å²) in [4.78, 5) is 272. The van der Waals surface area contributed by atoms with Crippen molar-refractivity contribution in [1.29, 1.82) is 5.41 Å². The molecule has 0 bridgehead atoms. The number of nitrogens with zero attached hydrogens (tertiary/aromatic N) is 6. The van der Waals surface area contributed by atoms with E-state index >= 15 is 38.4 Å². The first kappa shape index (κ1) is 110. The van der Waals surface area contributed by atoms with E-state index in [9.17, 15) is 63.3 Å². The Kier molecular flexibility index (Phi) is 41.9. The number of carbonyl (C=O) groups is 18. The number of aliphatic hydroxyl groups is 1. The molecular formula is C92H134N24O21S. The molecule has 0 radical (unpaired) electrons. The Bertz CT molecular complexity index is 5190. The number of carboxylic acids is 1. The van der Waals surface area contributed by atoms with Crippen LogP contribution < -0.4 is 87.2 Å². The van der Waals surface area contributed by atoms with Gasteiger partial charge in [-0.25, -0.2) is 0 Å². The molecule has 15 atom stereocenters. The van der Waals surface area contributed by atoms with Crippen molar-refractivity contribution in [1.82, 2.24) is 92.5 Å². The van der Waals surface area contributed by atoms with Crippen LogP contribution in [0.3, 0.4) is 0 Å². The van der Waals surface area contributed by atoms with Gasteiger partial charge in [-0.05, 0) is 112 Å². The number of phenols is 1. The lowest BCUT2D eigenvalue weighted by Gasteiger charge is -2.36. The lowest BCUT2D eigenvalue weighted by Crippen LogP contribution is -2.62. The van der Waals surface area contributed by atoms with Gasteiger partial charge in [-0.15, -0.1) is 11.8 Å². The number of carbonyl (C=O) groups excluding carboxylic acids is 17. The molecule has 3 fully saturated rings. The van der Waals surface area contributed by atoms with Gasteiger partial charge in [0.2, 0.25) is 100 Å². The molecule has 0 spiro atoms. The summed E-state index contributed by atoms with van der Waals surface area (Å²) in [7, 11) is 3.87. The predicted octanol–water partition coefficient (Wildman–Crippen LogP) is -3.63. The molecule has 2 aromatic heterocycles. The molecule has 5 heterocycles. The molecule has 0 aliphatic carbocycles. The Morgan fingerprint density at radius 1 is 0.558 bits per heavy atom. The molecule has 754 valence electrons. The van der Waals surface area contributed by atoms with Gasteiger partial charge >= 0.3 is 5.97 Å². The number of aliphatic carboxylic acids is 1. The normalized spacial score (nSPS) is 24.5. The van der Waals surface area contributed by atoms with Crippen LogP contribution in [0.15, 0.2) is 85.2 Å². The fraction of sp³-hybridized carbons (Fsp3) is 0.554. The summed E-state index contributed by atoms with van der Waals surface area (Å²) in [5.74, 6) is -19.4. The number of carboxylic acid groups (broad SMARTS) is 1. The number of guanidine groups is 1. The number of aliphatic hydroxyl groups excluding tert-OH is 1. The number of amides is 17. The number of nitrogens with two attached hydrogens (primary N) is 5. The smallest absolute Gasteiger partial charge is 0.323 e.